The Hall–Kier alpha value is -2.10. The first kappa shape index (κ1) is 12.4. The number of aromatic amines is 1. The molecular weight excluding hydrogens is 230 g/mol. The van der Waals surface area contributed by atoms with Crippen LogP contribution in [0, 0.1) is 0 Å². The van der Waals surface area contributed by atoms with Gasteiger partial charge in [0.2, 0.25) is 0 Å². The van der Waals surface area contributed by atoms with Crippen LogP contribution < -0.4 is 5.56 Å². The zero-order valence-electron chi connectivity index (χ0n) is 10.2. The van der Waals surface area contributed by atoms with Crippen LogP contribution in [0.4, 0.5) is 0 Å². The Morgan fingerprint density at radius 3 is 2.89 bits per heavy atom. The molecule has 0 bridgehead atoms. The monoisotopic (exact) mass is 245 g/mol. The molecule has 0 aliphatic heterocycles. The molecule has 0 unspecified atom stereocenters. The maximum absolute atomic E-state index is 11.8. The average Bonchev–Trinajstić information content (AvgIpc) is 2.36. The molecule has 0 saturated heterocycles. The highest BCUT2D eigenvalue weighted by molar-refractivity contribution is 5.78. The SMILES string of the molecule is CCCC(=O)OCc1cc2ccccc2[nH]c1=O. The van der Waals surface area contributed by atoms with Crippen LogP contribution in [0.3, 0.4) is 0 Å². The smallest absolute Gasteiger partial charge is 0.306 e. The van der Waals surface area contributed by atoms with Crippen LogP contribution in [0.5, 0.6) is 0 Å². The lowest BCUT2D eigenvalue weighted by atomic mass is 10.1. The fraction of sp³-hybridized carbons (Fsp3) is 0.286. The standard InChI is InChI=1S/C14H15NO3/c1-2-5-13(16)18-9-11-8-10-6-3-4-7-12(10)15-14(11)17/h3-4,6-8H,2,5,9H2,1H3,(H,15,17). The fourth-order valence-corrected chi connectivity index (χ4v) is 1.73. The number of esters is 1. The zero-order valence-corrected chi connectivity index (χ0v) is 10.2. The second-order valence-corrected chi connectivity index (χ2v) is 4.12. The molecule has 1 aromatic heterocycles. The highest BCUT2D eigenvalue weighted by Gasteiger charge is 2.06. The Morgan fingerprint density at radius 1 is 1.33 bits per heavy atom. The van der Waals surface area contributed by atoms with Crippen molar-refractivity contribution in [3.63, 3.8) is 0 Å². The Balaban J connectivity index is 2.20. The number of fused-ring (bicyclic) bond motifs is 1. The van der Waals surface area contributed by atoms with Gasteiger partial charge in [-0.15, -0.1) is 0 Å². The highest BCUT2D eigenvalue weighted by atomic mass is 16.5. The van der Waals surface area contributed by atoms with E-state index in [9.17, 15) is 9.59 Å². The number of rotatable bonds is 4. The van der Waals surface area contributed by atoms with Crippen LogP contribution in [0.25, 0.3) is 10.9 Å². The second-order valence-electron chi connectivity index (χ2n) is 4.12. The topological polar surface area (TPSA) is 59.2 Å². The van der Waals surface area contributed by atoms with E-state index in [1.165, 1.54) is 0 Å². The summed E-state index contributed by atoms with van der Waals surface area (Å²) in [4.78, 5) is 25.8. The molecule has 4 nitrogen and oxygen atoms in total. The number of para-hydroxylation sites is 1. The summed E-state index contributed by atoms with van der Waals surface area (Å²) in [7, 11) is 0. The molecule has 2 aromatic rings. The van der Waals surface area contributed by atoms with E-state index in [1.54, 1.807) is 6.07 Å². The van der Waals surface area contributed by atoms with Gasteiger partial charge in [0.1, 0.15) is 6.61 Å². The van der Waals surface area contributed by atoms with Gasteiger partial charge in [0.15, 0.2) is 0 Å². The maximum Gasteiger partial charge on any atom is 0.306 e. The number of aromatic nitrogens is 1. The summed E-state index contributed by atoms with van der Waals surface area (Å²) in [5.41, 5.74) is 1.04. The van der Waals surface area contributed by atoms with Crippen LogP contribution in [-0.4, -0.2) is 11.0 Å². The highest BCUT2D eigenvalue weighted by Crippen LogP contribution is 2.10. The molecule has 18 heavy (non-hydrogen) atoms. The molecule has 94 valence electrons. The molecular formula is C14H15NO3. The normalized spacial score (nSPS) is 10.5. The van der Waals surface area contributed by atoms with E-state index in [0.29, 0.717) is 12.0 Å². The molecule has 0 radical (unpaired) electrons. The first-order chi connectivity index (χ1) is 8.70. The van der Waals surface area contributed by atoms with Crippen LogP contribution in [-0.2, 0) is 16.1 Å². The first-order valence-corrected chi connectivity index (χ1v) is 5.97. The van der Waals surface area contributed by atoms with Gasteiger partial charge in [0.05, 0.1) is 5.56 Å². The van der Waals surface area contributed by atoms with Crippen molar-refractivity contribution in [1.29, 1.82) is 0 Å². The third-order valence-corrected chi connectivity index (χ3v) is 2.67. The van der Waals surface area contributed by atoms with E-state index >= 15 is 0 Å². The molecule has 1 aromatic carbocycles. The lowest BCUT2D eigenvalue weighted by Gasteiger charge is -2.05. The van der Waals surface area contributed by atoms with Gasteiger partial charge < -0.3 is 9.72 Å². The maximum atomic E-state index is 11.8. The molecule has 4 heteroatoms. The molecule has 0 saturated carbocycles. The van der Waals surface area contributed by atoms with Gasteiger partial charge in [-0.25, -0.2) is 0 Å². The van der Waals surface area contributed by atoms with Crippen molar-refractivity contribution in [2.75, 3.05) is 0 Å². The number of H-pyrrole nitrogens is 1. The predicted molar refractivity (Wildman–Crippen MR) is 69.3 cm³/mol. The van der Waals surface area contributed by atoms with E-state index < -0.39 is 0 Å². The number of carbonyl (C=O) groups excluding carboxylic acids is 1. The minimum Gasteiger partial charge on any atom is -0.461 e. The second kappa shape index (κ2) is 5.49. The van der Waals surface area contributed by atoms with Crippen molar-refractivity contribution in [3.8, 4) is 0 Å². The molecule has 0 spiro atoms. The third kappa shape index (κ3) is 2.77. The number of hydrogen-bond acceptors (Lipinski definition) is 3. The minimum absolute atomic E-state index is 0.0268. The van der Waals surface area contributed by atoms with E-state index in [2.05, 4.69) is 4.98 Å². The van der Waals surface area contributed by atoms with Gasteiger partial charge in [0.25, 0.3) is 5.56 Å². The quantitative estimate of drug-likeness (QED) is 0.841. The van der Waals surface area contributed by atoms with E-state index in [-0.39, 0.29) is 18.1 Å². The molecule has 1 N–H and O–H groups in total. The first-order valence-electron chi connectivity index (χ1n) is 5.97. The van der Waals surface area contributed by atoms with Crippen molar-refractivity contribution in [2.45, 2.75) is 26.4 Å². The van der Waals surface area contributed by atoms with Crippen molar-refractivity contribution in [1.82, 2.24) is 4.98 Å². The van der Waals surface area contributed by atoms with Crippen molar-refractivity contribution in [3.05, 3.63) is 46.2 Å². The predicted octanol–water partition coefficient (Wildman–Crippen LogP) is 2.37. The van der Waals surface area contributed by atoms with Crippen LogP contribution in [0.2, 0.25) is 0 Å². The van der Waals surface area contributed by atoms with Crippen LogP contribution in [0.15, 0.2) is 35.1 Å². The number of nitrogens with one attached hydrogen (secondary N) is 1. The number of carbonyl (C=O) groups is 1. The summed E-state index contributed by atoms with van der Waals surface area (Å²) in [5.74, 6) is -0.273. The number of benzene rings is 1. The van der Waals surface area contributed by atoms with Crippen LogP contribution >= 0.6 is 0 Å². The van der Waals surface area contributed by atoms with Gasteiger partial charge in [-0.3, -0.25) is 9.59 Å². The summed E-state index contributed by atoms with van der Waals surface area (Å²) in [6.45, 7) is 1.93. The number of ether oxygens (including phenoxy) is 1. The molecule has 0 atom stereocenters. The Labute approximate surface area is 105 Å². The largest absolute Gasteiger partial charge is 0.461 e. The lowest BCUT2D eigenvalue weighted by molar-refractivity contribution is -0.145. The molecule has 0 amide bonds. The fourth-order valence-electron chi connectivity index (χ4n) is 1.73. The molecule has 1 heterocycles. The van der Waals surface area contributed by atoms with E-state index in [4.69, 9.17) is 4.74 Å². The van der Waals surface area contributed by atoms with Crippen molar-refractivity contribution in [2.24, 2.45) is 0 Å². The summed E-state index contributed by atoms with van der Waals surface area (Å²) in [5, 5.41) is 0.929. The summed E-state index contributed by atoms with van der Waals surface area (Å²) in [6.07, 6.45) is 1.12. The minimum atomic E-state index is -0.273. The molecule has 0 aliphatic carbocycles. The van der Waals surface area contributed by atoms with Gasteiger partial charge in [-0.05, 0) is 23.9 Å². The molecule has 2 rings (SSSR count). The summed E-state index contributed by atoms with van der Waals surface area (Å²) < 4.78 is 5.04. The third-order valence-electron chi connectivity index (χ3n) is 2.67. The van der Waals surface area contributed by atoms with Crippen molar-refractivity contribution < 1.29 is 9.53 Å². The zero-order chi connectivity index (χ0) is 13.0. The van der Waals surface area contributed by atoms with Gasteiger partial charge in [0, 0.05) is 11.9 Å². The summed E-state index contributed by atoms with van der Waals surface area (Å²) in [6, 6.07) is 9.26. The lowest BCUT2D eigenvalue weighted by Crippen LogP contribution is -2.15. The average molecular weight is 245 g/mol. The van der Waals surface area contributed by atoms with E-state index in [0.717, 1.165) is 17.3 Å². The van der Waals surface area contributed by atoms with Gasteiger partial charge >= 0.3 is 5.97 Å². The Bertz CT molecular complexity index is 616. The van der Waals surface area contributed by atoms with Gasteiger partial charge in [-0.2, -0.15) is 0 Å². The van der Waals surface area contributed by atoms with Crippen LogP contribution in [0.1, 0.15) is 25.3 Å². The Kier molecular flexibility index (Phi) is 3.77. The van der Waals surface area contributed by atoms with Crippen molar-refractivity contribution >= 4 is 16.9 Å². The van der Waals surface area contributed by atoms with Gasteiger partial charge in [-0.1, -0.05) is 25.1 Å². The Morgan fingerprint density at radius 2 is 2.11 bits per heavy atom. The molecule has 0 fully saturated rings. The number of pyridine rings is 1. The molecule has 0 aliphatic rings. The summed E-state index contributed by atoms with van der Waals surface area (Å²) >= 11 is 0. The number of hydrogen-bond donors (Lipinski definition) is 1. The van der Waals surface area contributed by atoms with E-state index in [1.807, 2.05) is 31.2 Å².